The van der Waals surface area contributed by atoms with E-state index in [2.05, 4.69) is 34.0 Å². The third-order valence-corrected chi connectivity index (χ3v) is 7.55. The van der Waals surface area contributed by atoms with Gasteiger partial charge < -0.3 is 10.6 Å². The number of guanidine groups is 1. The standard InChI is InChI=1S/C20H30N4O2S2/c1-6-21-20(23-14-19-16(4)11-12-27-19)22-13-17-7-9-18(10-8-17)28(25,26)24(5)15(2)3/h7-12,15H,6,13-14H2,1-5H3,(H2,21,22,23). The molecule has 6 nitrogen and oxygen atoms in total. The Bertz CT molecular complexity index is 887. The number of hydrogen-bond donors (Lipinski definition) is 2. The summed E-state index contributed by atoms with van der Waals surface area (Å²) in [6.07, 6.45) is 0. The first-order valence-electron chi connectivity index (χ1n) is 9.37. The molecule has 8 heteroatoms. The molecule has 1 aromatic carbocycles. The van der Waals surface area contributed by atoms with Crippen molar-refractivity contribution in [1.82, 2.24) is 14.9 Å². The van der Waals surface area contributed by atoms with Crippen molar-refractivity contribution in [2.75, 3.05) is 13.6 Å². The van der Waals surface area contributed by atoms with Crippen molar-refractivity contribution in [2.45, 2.75) is 51.7 Å². The van der Waals surface area contributed by atoms with Crippen LogP contribution in [0.5, 0.6) is 0 Å². The Morgan fingerprint density at radius 3 is 2.39 bits per heavy atom. The second-order valence-corrected chi connectivity index (χ2v) is 9.83. The summed E-state index contributed by atoms with van der Waals surface area (Å²) in [6, 6.07) is 8.95. The summed E-state index contributed by atoms with van der Waals surface area (Å²) in [5.74, 6) is 0.742. The van der Waals surface area contributed by atoms with Crippen molar-refractivity contribution in [3.8, 4) is 0 Å². The smallest absolute Gasteiger partial charge is 0.243 e. The third-order valence-electron chi connectivity index (χ3n) is 4.48. The number of sulfonamides is 1. The molecule has 0 aliphatic rings. The van der Waals surface area contributed by atoms with Crippen LogP contribution in [-0.2, 0) is 23.1 Å². The van der Waals surface area contributed by atoms with E-state index in [1.807, 2.05) is 32.9 Å². The molecule has 0 saturated carbocycles. The summed E-state index contributed by atoms with van der Waals surface area (Å²) in [4.78, 5) is 6.19. The van der Waals surface area contributed by atoms with Gasteiger partial charge in [-0.05, 0) is 62.4 Å². The summed E-state index contributed by atoms with van der Waals surface area (Å²) in [6.45, 7) is 9.81. The van der Waals surface area contributed by atoms with Gasteiger partial charge in [-0.1, -0.05) is 12.1 Å². The predicted octanol–water partition coefficient (Wildman–Crippen LogP) is 3.34. The van der Waals surface area contributed by atoms with Gasteiger partial charge in [-0.3, -0.25) is 0 Å². The van der Waals surface area contributed by atoms with Crippen LogP contribution < -0.4 is 10.6 Å². The minimum absolute atomic E-state index is 0.0880. The quantitative estimate of drug-likeness (QED) is 0.505. The Morgan fingerprint density at radius 1 is 1.18 bits per heavy atom. The molecule has 2 rings (SSSR count). The maximum Gasteiger partial charge on any atom is 0.243 e. The average molecular weight is 423 g/mol. The maximum atomic E-state index is 12.5. The lowest BCUT2D eigenvalue weighted by Gasteiger charge is -2.21. The van der Waals surface area contributed by atoms with Gasteiger partial charge in [0.2, 0.25) is 10.0 Å². The van der Waals surface area contributed by atoms with Crippen LogP contribution >= 0.6 is 11.3 Å². The van der Waals surface area contributed by atoms with E-state index in [1.54, 1.807) is 30.5 Å². The zero-order chi connectivity index (χ0) is 20.7. The molecule has 0 unspecified atom stereocenters. The van der Waals surface area contributed by atoms with Crippen molar-refractivity contribution >= 4 is 27.3 Å². The van der Waals surface area contributed by atoms with Gasteiger partial charge >= 0.3 is 0 Å². The molecule has 0 radical (unpaired) electrons. The summed E-state index contributed by atoms with van der Waals surface area (Å²) in [5, 5.41) is 8.67. The highest BCUT2D eigenvalue weighted by atomic mass is 32.2. The molecule has 1 heterocycles. The van der Waals surface area contributed by atoms with Crippen molar-refractivity contribution < 1.29 is 8.42 Å². The van der Waals surface area contributed by atoms with Crippen molar-refractivity contribution in [1.29, 1.82) is 0 Å². The number of nitrogens with one attached hydrogen (secondary N) is 2. The number of rotatable bonds is 8. The Balaban J connectivity index is 2.05. The van der Waals surface area contributed by atoms with E-state index in [-0.39, 0.29) is 6.04 Å². The molecular weight excluding hydrogens is 392 g/mol. The van der Waals surface area contributed by atoms with Crippen LogP contribution in [0.4, 0.5) is 0 Å². The van der Waals surface area contributed by atoms with Crippen LogP contribution in [0.15, 0.2) is 45.6 Å². The Labute approximate surface area is 172 Å². The van der Waals surface area contributed by atoms with Gasteiger partial charge in [-0.2, -0.15) is 4.31 Å². The van der Waals surface area contributed by atoms with E-state index in [4.69, 9.17) is 0 Å². The SMILES string of the molecule is CCNC(=NCc1ccc(S(=O)(=O)N(C)C(C)C)cc1)NCc1sccc1C. The first kappa shape index (κ1) is 22.4. The van der Waals surface area contributed by atoms with E-state index in [0.29, 0.717) is 11.4 Å². The van der Waals surface area contributed by atoms with E-state index in [0.717, 1.165) is 24.6 Å². The first-order valence-corrected chi connectivity index (χ1v) is 11.7. The number of aliphatic imine (C=N–C) groups is 1. The predicted molar refractivity (Wildman–Crippen MR) is 117 cm³/mol. The van der Waals surface area contributed by atoms with Crippen molar-refractivity contribution in [3.05, 3.63) is 51.7 Å². The zero-order valence-corrected chi connectivity index (χ0v) is 18.8. The molecule has 0 aliphatic heterocycles. The minimum Gasteiger partial charge on any atom is -0.357 e. The van der Waals surface area contributed by atoms with E-state index in [1.165, 1.54) is 14.7 Å². The highest BCUT2D eigenvalue weighted by molar-refractivity contribution is 7.89. The van der Waals surface area contributed by atoms with Gasteiger partial charge in [0.15, 0.2) is 5.96 Å². The largest absolute Gasteiger partial charge is 0.357 e. The van der Waals surface area contributed by atoms with Gasteiger partial charge in [0.05, 0.1) is 18.0 Å². The highest BCUT2D eigenvalue weighted by Gasteiger charge is 2.22. The number of aryl methyl sites for hydroxylation is 1. The topological polar surface area (TPSA) is 73.8 Å². The van der Waals surface area contributed by atoms with Crippen molar-refractivity contribution in [3.63, 3.8) is 0 Å². The molecule has 0 aliphatic carbocycles. The lowest BCUT2D eigenvalue weighted by atomic mass is 10.2. The van der Waals surface area contributed by atoms with Crippen LogP contribution in [0.2, 0.25) is 0 Å². The molecule has 0 atom stereocenters. The van der Waals surface area contributed by atoms with Crippen LogP contribution in [0.1, 0.15) is 36.8 Å². The van der Waals surface area contributed by atoms with Crippen LogP contribution in [-0.4, -0.2) is 38.3 Å². The van der Waals surface area contributed by atoms with E-state index in [9.17, 15) is 8.42 Å². The molecule has 28 heavy (non-hydrogen) atoms. The molecule has 0 saturated heterocycles. The summed E-state index contributed by atoms with van der Waals surface area (Å²) in [5.41, 5.74) is 2.23. The number of benzene rings is 1. The molecule has 154 valence electrons. The van der Waals surface area contributed by atoms with Gasteiger partial charge in [-0.15, -0.1) is 11.3 Å². The summed E-state index contributed by atoms with van der Waals surface area (Å²) in [7, 11) is -1.86. The first-order chi connectivity index (χ1) is 13.3. The molecule has 0 fully saturated rings. The number of thiophene rings is 1. The van der Waals surface area contributed by atoms with Gasteiger partial charge in [-0.25, -0.2) is 13.4 Å². The lowest BCUT2D eigenvalue weighted by Crippen LogP contribution is -2.36. The normalized spacial score (nSPS) is 12.6. The lowest BCUT2D eigenvalue weighted by molar-refractivity contribution is 0.410. The van der Waals surface area contributed by atoms with E-state index >= 15 is 0 Å². The Kier molecular flexibility index (Phi) is 8.03. The van der Waals surface area contributed by atoms with Gasteiger partial charge in [0, 0.05) is 24.5 Å². The van der Waals surface area contributed by atoms with E-state index < -0.39 is 10.0 Å². The molecule has 0 spiro atoms. The Hall–Kier alpha value is -1.90. The second kappa shape index (κ2) is 10.0. The monoisotopic (exact) mass is 422 g/mol. The number of nitrogens with zero attached hydrogens (tertiary/aromatic N) is 2. The zero-order valence-electron chi connectivity index (χ0n) is 17.2. The molecule has 0 bridgehead atoms. The maximum absolute atomic E-state index is 12.5. The van der Waals surface area contributed by atoms with Crippen molar-refractivity contribution in [2.24, 2.45) is 4.99 Å². The summed E-state index contributed by atoms with van der Waals surface area (Å²) >= 11 is 1.73. The van der Waals surface area contributed by atoms with Gasteiger partial charge in [0.25, 0.3) is 0 Å². The Morgan fingerprint density at radius 2 is 1.86 bits per heavy atom. The summed E-state index contributed by atoms with van der Waals surface area (Å²) < 4.78 is 26.5. The molecule has 1 aromatic heterocycles. The fraction of sp³-hybridized carbons (Fsp3) is 0.450. The molecule has 0 amide bonds. The van der Waals surface area contributed by atoms with Gasteiger partial charge in [0.1, 0.15) is 0 Å². The fourth-order valence-corrected chi connectivity index (χ4v) is 4.69. The number of hydrogen-bond acceptors (Lipinski definition) is 4. The fourth-order valence-electron chi connectivity index (χ4n) is 2.47. The van der Waals surface area contributed by atoms with Crippen LogP contribution in [0.25, 0.3) is 0 Å². The second-order valence-electron chi connectivity index (χ2n) is 6.83. The molecular formula is C20H30N4O2S2. The minimum atomic E-state index is -3.46. The highest BCUT2D eigenvalue weighted by Crippen LogP contribution is 2.18. The van der Waals surface area contributed by atoms with Crippen LogP contribution in [0.3, 0.4) is 0 Å². The third kappa shape index (κ3) is 5.80. The molecule has 2 aromatic rings. The molecule has 2 N–H and O–H groups in total. The van der Waals surface area contributed by atoms with Crippen LogP contribution in [0, 0.1) is 6.92 Å². The average Bonchev–Trinajstić information content (AvgIpc) is 3.08.